The molecule has 0 aromatic carbocycles. The predicted octanol–water partition coefficient (Wildman–Crippen LogP) is 2.31. The fourth-order valence-electron chi connectivity index (χ4n) is 3.31. The van der Waals surface area contributed by atoms with Crippen LogP contribution < -0.4 is 0 Å². The highest BCUT2D eigenvalue weighted by molar-refractivity contribution is 5.12. The van der Waals surface area contributed by atoms with E-state index in [0.29, 0.717) is 12.0 Å². The zero-order valence-corrected chi connectivity index (χ0v) is 8.19. The minimum atomic E-state index is 0.0659. The number of ether oxygens (including phenoxy) is 2. The van der Waals surface area contributed by atoms with Crippen LogP contribution in [0.25, 0.3) is 0 Å². The van der Waals surface area contributed by atoms with Crippen molar-refractivity contribution in [3.8, 4) is 0 Å². The van der Waals surface area contributed by atoms with Crippen LogP contribution in [0.2, 0.25) is 0 Å². The second-order valence-electron chi connectivity index (χ2n) is 4.63. The van der Waals surface area contributed by atoms with Gasteiger partial charge in [-0.25, -0.2) is 0 Å². The summed E-state index contributed by atoms with van der Waals surface area (Å²) in [4.78, 5) is 0. The lowest BCUT2D eigenvalue weighted by Gasteiger charge is -2.29. The molecule has 2 nitrogen and oxygen atoms in total. The van der Waals surface area contributed by atoms with Crippen LogP contribution in [0.4, 0.5) is 0 Å². The summed E-state index contributed by atoms with van der Waals surface area (Å²) in [6, 6.07) is 0. The summed E-state index contributed by atoms with van der Waals surface area (Å²) in [5.74, 6) is 2.15. The van der Waals surface area contributed by atoms with Crippen LogP contribution in [0, 0.1) is 17.8 Å². The van der Waals surface area contributed by atoms with Crippen LogP contribution in [-0.4, -0.2) is 12.4 Å². The Kier molecular flexibility index (Phi) is 1.51. The van der Waals surface area contributed by atoms with Gasteiger partial charge in [0.1, 0.15) is 0 Å². The van der Waals surface area contributed by atoms with Gasteiger partial charge in [0.2, 0.25) is 6.29 Å². The molecule has 3 aliphatic rings. The highest BCUT2D eigenvalue weighted by Crippen LogP contribution is 2.52. The molecule has 3 rings (SSSR count). The van der Waals surface area contributed by atoms with E-state index in [2.05, 4.69) is 13.8 Å². The number of hydrogen-bond acceptors (Lipinski definition) is 2. The first-order valence-electron chi connectivity index (χ1n) is 5.25. The van der Waals surface area contributed by atoms with Crippen molar-refractivity contribution in [2.45, 2.75) is 39.1 Å². The van der Waals surface area contributed by atoms with Gasteiger partial charge in [-0.3, -0.25) is 0 Å². The molecule has 0 amide bonds. The Labute approximate surface area is 78.9 Å². The Balaban J connectivity index is 1.96. The van der Waals surface area contributed by atoms with Gasteiger partial charge in [-0.1, -0.05) is 0 Å². The van der Waals surface area contributed by atoms with Crippen molar-refractivity contribution >= 4 is 0 Å². The summed E-state index contributed by atoms with van der Waals surface area (Å²) in [7, 11) is 0. The van der Waals surface area contributed by atoms with Gasteiger partial charge in [-0.2, -0.15) is 0 Å². The lowest BCUT2D eigenvalue weighted by atomic mass is 9.84. The smallest absolute Gasteiger partial charge is 0.202 e. The lowest BCUT2D eigenvalue weighted by Crippen LogP contribution is -2.29. The number of allylic oxidation sites excluding steroid dienone is 1. The zero-order chi connectivity index (χ0) is 9.00. The molecule has 1 aliphatic carbocycles. The second kappa shape index (κ2) is 2.50. The summed E-state index contributed by atoms with van der Waals surface area (Å²) in [6.07, 6.45) is 5.04. The molecular weight excluding hydrogens is 164 g/mol. The van der Waals surface area contributed by atoms with E-state index in [-0.39, 0.29) is 6.29 Å². The van der Waals surface area contributed by atoms with Crippen molar-refractivity contribution in [2.75, 3.05) is 0 Å². The molecule has 2 aliphatic heterocycles. The Hall–Kier alpha value is -0.500. The molecule has 2 heteroatoms. The molecule has 1 saturated carbocycles. The largest absolute Gasteiger partial charge is 0.472 e. The van der Waals surface area contributed by atoms with Crippen molar-refractivity contribution in [2.24, 2.45) is 17.8 Å². The van der Waals surface area contributed by atoms with E-state index in [4.69, 9.17) is 9.47 Å². The summed E-state index contributed by atoms with van der Waals surface area (Å²) >= 11 is 0. The van der Waals surface area contributed by atoms with Crippen molar-refractivity contribution in [3.63, 3.8) is 0 Å². The Morgan fingerprint density at radius 2 is 2.23 bits per heavy atom. The third-order valence-corrected chi connectivity index (χ3v) is 4.01. The lowest BCUT2D eigenvalue weighted by molar-refractivity contribution is -0.126. The maximum absolute atomic E-state index is 5.78. The molecule has 13 heavy (non-hydrogen) atoms. The fraction of sp³-hybridized carbons (Fsp3) is 0.818. The van der Waals surface area contributed by atoms with Gasteiger partial charge in [-0.15, -0.1) is 0 Å². The van der Waals surface area contributed by atoms with Crippen LogP contribution in [0.5, 0.6) is 0 Å². The van der Waals surface area contributed by atoms with Gasteiger partial charge >= 0.3 is 0 Å². The quantitative estimate of drug-likeness (QED) is 0.569. The van der Waals surface area contributed by atoms with Crippen LogP contribution in [-0.2, 0) is 9.47 Å². The van der Waals surface area contributed by atoms with E-state index >= 15 is 0 Å². The average molecular weight is 180 g/mol. The summed E-state index contributed by atoms with van der Waals surface area (Å²) < 4.78 is 11.4. The second-order valence-corrected chi connectivity index (χ2v) is 4.63. The first kappa shape index (κ1) is 7.86. The topological polar surface area (TPSA) is 18.5 Å². The van der Waals surface area contributed by atoms with E-state index in [0.717, 1.165) is 11.8 Å². The average Bonchev–Trinajstić information content (AvgIpc) is 2.64. The van der Waals surface area contributed by atoms with Crippen molar-refractivity contribution < 1.29 is 9.47 Å². The highest BCUT2D eigenvalue weighted by atomic mass is 16.7. The van der Waals surface area contributed by atoms with Crippen molar-refractivity contribution in [1.82, 2.24) is 0 Å². The molecular formula is C11H16O2. The van der Waals surface area contributed by atoms with Crippen molar-refractivity contribution in [1.29, 1.82) is 0 Å². The van der Waals surface area contributed by atoms with Gasteiger partial charge in [0.25, 0.3) is 0 Å². The van der Waals surface area contributed by atoms with E-state index in [1.165, 1.54) is 18.4 Å². The van der Waals surface area contributed by atoms with Crippen molar-refractivity contribution in [3.05, 3.63) is 11.8 Å². The number of rotatable bonds is 0. The predicted molar refractivity (Wildman–Crippen MR) is 48.9 cm³/mol. The maximum atomic E-state index is 5.78. The molecule has 0 bridgehead atoms. The Bertz CT molecular complexity index is 259. The van der Waals surface area contributed by atoms with Gasteiger partial charge in [-0.05, 0) is 44.1 Å². The van der Waals surface area contributed by atoms with Gasteiger partial charge in [0.15, 0.2) is 0 Å². The maximum Gasteiger partial charge on any atom is 0.202 e. The molecule has 0 spiro atoms. The van der Waals surface area contributed by atoms with Gasteiger partial charge < -0.3 is 9.47 Å². The normalized spacial score (nSPS) is 52.8. The minimum absolute atomic E-state index is 0.0659. The molecule has 5 atom stereocenters. The summed E-state index contributed by atoms with van der Waals surface area (Å²) in [5.41, 5.74) is 1.42. The van der Waals surface area contributed by atoms with E-state index < -0.39 is 0 Å². The molecule has 2 heterocycles. The van der Waals surface area contributed by atoms with E-state index in [1.54, 1.807) is 0 Å². The summed E-state index contributed by atoms with van der Waals surface area (Å²) in [5, 5.41) is 0. The summed E-state index contributed by atoms with van der Waals surface area (Å²) in [6.45, 7) is 4.37. The van der Waals surface area contributed by atoms with Crippen LogP contribution in [0.15, 0.2) is 11.8 Å². The van der Waals surface area contributed by atoms with E-state index in [9.17, 15) is 0 Å². The first-order chi connectivity index (χ1) is 6.27. The van der Waals surface area contributed by atoms with Crippen LogP contribution in [0.3, 0.4) is 0 Å². The molecule has 0 N–H and O–H groups in total. The standard InChI is InChI=1S/C11H16O2/c1-6-5-12-11-10-8(6)3-4-9(10)7(2)13-11/h5,7-11H,3-4H2,1-2H3. The van der Waals surface area contributed by atoms with Crippen LogP contribution in [0.1, 0.15) is 26.7 Å². The monoisotopic (exact) mass is 180 g/mol. The SMILES string of the molecule is CC1=COC2OC(C)C3CCC1C23. The number of hydrogen-bond donors (Lipinski definition) is 0. The first-order valence-corrected chi connectivity index (χ1v) is 5.25. The molecule has 72 valence electrons. The molecule has 2 fully saturated rings. The molecule has 5 unspecified atom stereocenters. The molecule has 0 radical (unpaired) electrons. The molecule has 0 aromatic rings. The fourth-order valence-corrected chi connectivity index (χ4v) is 3.31. The minimum Gasteiger partial charge on any atom is -0.472 e. The van der Waals surface area contributed by atoms with Crippen LogP contribution >= 0.6 is 0 Å². The van der Waals surface area contributed by atoms with E-state index in [1.807, 2.05) is 6.26 Å². The zero-order valence-electron chi connectivity index (χ0n) is 8.19. The van der Waals surface area contributed by atoms with Gasteiger partial charge in [0, 0.05) is 5.92 Å². The Morgan fingerprint density at radius 3 is 3.08 bits per heavy atom. The Morgan fingerprint density at radius 1 is 1.38 bits per heavy atom. The van der Waals surface area contributed by atoms with Gasteiger partial charge in [0.05, 0.1) is 12.4 Å². The molecule has 1 saturated heterocycles. The third-order valence-electron chi connectivity index (χ3n) is 4.01. The highest BCUT2D eigenvalue weighted by Gasteiger charge is 2.52. The third kappa shape index (κ3) is 0.925. The molecule has 0 aromatic heterocycles.